The second-order valence-electron chi connectivity index (χ2n) is 5.76. The Labute approximate surface area is 162 Å². The number of furan rings is 1. The summed E-state index contributed by atoms with van der Waals surface area (Å²) in [4.78, 5) is 40.0. The van der Waals surface area contributed by atoms with E-state index in [4.69, 9.17) is 9.15 Å². The van der Waals surface area contributed by atoms with Crippen LogP contribution in [0.4, 0.5) is 10.5 Å². The molecule has 0 saturated carbocycles. The molecule has 8 nitrogen and oxygen atoms in total. The predicted molar refractivity (Wildman–Crippen MR) is 104 cm³/mol. The van der Waals surface area contributed by atoms with Crippen LogP contribution in [-0.4, -0.2) is 29.1 Å². The van der Waals surface area contributed by atoms with Gasteiger partial charge in [0.15, 0.2) is 5.58 Å². The number of carbonyl (C=O) groups excluding carboxylic acids is 3. The van der Waals surface area contributed by atoms with Crippen LogP contribution in [0.2, 0.25) is 0 Å². The number of carbonyl (C=O) groups is 3. The number of methoxy groups -OCH3 is 1. The first kappa shape index (κ1) is 17.8. The minimum Gasteiger partial charge on any atom is -0.495 e. The fourth-order valence-electron chi connectivity index (χ4n) is 2.70. The van der Waals surface area contributed by atoms with Gasteiger partial charge in [-0.1, -0.05) is 12.1 Å². The van der Waals surface area contributed by atoms with Crippen LogP contribution in [0.3, 0.4) is 0 Å². The van der Waals surface area contributed by atoms with Crippen LogP contribution < -0.4 is 15.4 Å². The first-order valence-corrected chi connectivity index (χ1v) is 8.93. The zero-order valence-corrected chi connectivity index (χ0v) is 15.3. The molecule has 2 aromatic heterocycles. The van der Waals surface area contributed by atoms with Gasteiger partial charge in [0.05, 0.1) is 17.7 Å². The molecule has 28 heavy (non-hydrogen) atoms. The number of hydrogen-bond acceptors (Lipinski definition) is 7. The fourth-order valence-corrected chi connectivity index (χ4v) is 3.37. The van der Waals surface area contributed by atoms with E-state index in [2.05, 4.69) is 15.6 Å². The monoisotopic (exact) mass is 395 g/mol. The minimum absolute atomic E-state index is 0.219. The van der Waals surface area contributed by atoms with Crippen molar-refractivity contribution < 1.29 is 23.5 Å². The minimum atomic E-state index is -0.484. The normalized spacial score (nSPS) is 15.1. The third-order valence-corrected chi connectivity index (χ3v) is 4.77. The van der Waals surface area contributed by atoms with Crippen molar-refractivity contribution in [2.24, 2.45) is 0 Å². The van der Waals surface area contributed by atoms with E-state index in [-0.39, 0.29) is 10.5 Å². The lowest BCUT2D eigenvalue weighted by atomic mass is 10.2. The molecule has 0 spiro atoms. The van der Waals surface area contributed by atoms with Gasteiger partial charge >= 0.3 is 0 Å². The number of hydrogen-bond donors (Lipinski definition) is 2. The molecule has 1 aromatic carbocycles. The van der Waals surface area contributed by atoms with E-state index >= 15 is 0 Å². The van der Waals surface area contributed by atoms with Crippen molar-refractivity contribution in [3.8, 4) is 5.75 Å². The highest BCUT2D eigenvalue weighted by Crippen LogP contribution is 2.30. The van der Waals surface area contributed by atoms with E-state index in [1.165, 1.54) is 19.4 Å². The Balaban J connectivity index is 1.67. The Morgan fingerprint density at radius 1 is 1.29 bits per heavy atom. The van der Waals surface area contributed by atoms with Crippen molar-refractivity contribution in [3.05, 3.63) is 59.0 Å². The number of imide groups is 1. The molecule has 140 valence electrons. The van der Waals surface area contributed by atoms with Crippen LogP contribution in [0.5, 0.6) is 5.75 Å². The van der Waals surface area contributed by atoms with Gasteiger partial charge in [-0.05, 0) is 30.0 Å². The zero-order valence-electron chi connectivity index (χ0n) is 14.5. The van der Waals surface area contributed by atoms with Gasteiger partial charge in [-0.15, -0.1) is 0 Å². The number of ether oxygens (including phenoxy) is 1. The molecule has 1 aliphatic heterocycles. The van der Waals surface area contributed by atoms with Gasteiger partial charge in [-0.3, -0.25) is 24.7 Å². The molecular formula is C19H13N3O5S. The Kier molecular flexibility index (Phi) is 4.58. The highest BCUT2D eigenvalue weighted by Gasteiger charge is 2.26. The molecule has 0 aliphatic carbocycles. The number of anilines is 1. The molecule has 0 unspecified atom stereocenters. The summed E-state index contributed by atoms with van der Waals surface area (Å²) in [6.45, 7) is 0. The van der Waals surface area contributed by atoms with Gasteiger partial charge in [0.25, 0.3) is 17.1 Å². The number of rotatable bonds is 4. The Bertz CT molecular complexity index is 1150. The molecule has 1 aliphatic rings. The quantitative estimate of drug-likeness (QED) is 0.651. The molecule has 0 radical (unpaired) electrons. The lowest BCUT2D eigenvalue weighted by Crippen LogP contribution is -2.17. The van der Waals surface area contributed by atoms with Crippen LogP contribution >= 0.6 is 11.8 Å². The van der Waals surface area contributed by atoms with Crippen molar-refractivity contribution in [2.45, 2.75) is 0 Å². The van der Waals surface area contributed by atoms with Gasteiger partial charge in [0, 0.05) is 23.9 Å². The number of pyridine rings is 1. The number of benzene rings is 1. The Morgan fingerprint density at radius 2 is 2.11 bits per heavy atom. The van der Waals surface area contributed by atoms with Crippen LogP contribution in [0.25, 0.3) is 17.0 Å². The van der Waals surface area contributed by atoms with E-state index in [1.54, 1.807) is 36.5 Å². The zero-order chi connectivity index (χ0) is 19.7. The number of nitrogens with zero attached hydrogens (tertiary/aromatic N) is 1. The molecule has 3 amide bonds. The smallest absolute Gasteiger partial charge is 0.290 e. The topological polar surface area (TPSA) is 111 Å². The van der Waals surface area contributed by atoms with Crippen LogP contribution in [-0.2, 0) is 4.79 Å². The molecule has 1 fully saturated rings. The summed E-state index contributed by atoms with van der Waals surface area (Å²) in [5, 5.41) is 5.10. The molecule has 2 N–H and O–H groups in total. The highest BCUT2D eigenvalue weighted by atomic mass is 32.2. The molecular weight excluding hydrogens is 382 g/mol. The lowest BCUT2D eigenvalue weighted by molar-refractivity contribution is -0.115. The molecule has 9 heteroatoms. The Hall–Kier alpha value is -3.59. The van der Waals surface area contributed by atoms with E-state index in [9.17, 15) is 14.4 Å². The molecule has 4 rings (SSSR count). The van der Waals surface area contributed by atoms with Crippen molar-refractivity contribution in [2.75, 3.05) is 12.4 Å². The summed E-state index contributed by atoms with van der Waals surface area (Å²) in [6.07, 6.45) is 4.40. The van der Waals surface area contributed by atoms with Gasteiger partial charge in [-0.25, -0.2) is 0 Å². The number of aromatic nitrogens is 1. The maximum atomic E-state index is 12.8. The second-order valence-corrected chi connectivity index (χ2v) is 6.78. The van der Waals surface area contributed by atoms with Gasteiger partial charge in [0.2, 0.25) is 0 Å². The van der Waals surface area contributed by atoms with Crippen LogP contribution in [0.1, 0.15) is 16.1 Å². The van der Waals surface area contributed by atoms with E-state index < -0.39 is 17.1 Å². The first-order chi connectivity index (χ1) is 13.5. The van der Waals surface area contributed by atoms with Gasteiger partial charge < -0.3 is 14.5 Å². The van der Waals surface area contributed by atoms with Gasteiger partial charge in [0.1, 0.15) is 17.1 Å². The summed E-state index contributed by atoms with van der Waals surface area (Å²) in [7, 11) is 1.52. The second kappa shape index (κ2) is 7.20. The number of para-hydroxylation sites is 2. The summed E-state index contributed by atoms with van der Waals surface area (Å²) < 4.78 is 11.0. The molecule has 0 atom stereocenters. The van der Waals surface area contributed by atoms with E-state index in [0.29, 0.717) is 28.2 Å². The summed E-state index contributed by atoms with van der Waals surface area (Å²) in [5.41, 5.74) is 1.06. The first-order valence-electron chi connectivity index (χ1n) is 8.12. The van der Waals surface area contributed by atoms with E-state index in [1.807, 2.05) is 0 Å². The van der Waals surface area contributed by atoms with Crippen molar-refractivity contribution in [3.63, 3.8) is 0 Å². The number of thioether (sulfide) groups is 1. The lowest BCUT2D eigenvalue weighted by Gasteiger charge is -2.09. The van der Waals surface area contributed by atoms with Crippen molar-refractivity contribution >= 4 is 51.5 Å². The third-order valence-electron chi connectivity index (χ3n) is 3.96. The number of amides is 3. The van der Waals surface area contributed by atoms with Crippen LogP contribution in [0, 0.1) is 0 Å². The third kappa shape index (κ3) is 3.35. The SMILES string of the molecule is COc1ccccc1NC(=O)c1cncc2cc(/C=C3/SC(=O)NC3=O)oc12. The molecule has 3 aromatic rings. The van der Waals surface area contributed by atoms with Crippen molar-refractivity contribution in [1.82, 2.24) is 10.3 Å². The summed E-state index contributed by atoms with van der Waals surface area (Å²) in [5.74, 6) is -0.0430. The molecule has 1 saturated heterocycles. The van der Waals surface area contributed by atoms with Crippen LogP contribution in [0.15, 0.2) is 52.0 Å². The maximum Gasteiger partial charge on any atom is 0.290 e. The molecule has 3 heterocycles. The number of nitrogens with one attached hydrogen (secondary N) is 2. The van der Waals surface area contributed by atoms with Gasteiger partial charge in [-0.2, -0.15) is 0 Å². The average Bonchev–Trinajstić information content (AvgIpc) is 3.23. The average molecular weight is 395 g/mol. The predicted octanol–water partition coefficient (Wildman–Crippen LogP) is 3.41. The maximum absolute atomic E-state index is 12.8. The summed E-state index contributed by atoms with van der Waals surface area (Å²) in [6, 6.07) is 8.67. The number of fused-ring (bicyclic) bond motifs is 1. The Morgan fingerprint density at radius 3 is 2.86 bits per heavy atom. The fraction of sp³-hybridized carbons (Fsp3) is 0.0526. The standard InChI is InChI=1S/C19H13N3O5S/c1-26-14-5-3-2-4-13(14)21-17(23)12-9-20-8-10-6-11(27-16(10)12)7-15-18(24)22-19(25)28-15/h2-9H,1H3,(H,21,23)(H,22,24,25)/b15-7+. The largest absolute Gasteiger partial charge is 0.495 e. The van der Waals surface area contributed by atoms with Crippen molar-refractivity contribution in [1.29, 1.82) is 0 Å². The van der Waals surface area contributed by atoms with E-state index in [0.717, 1.165) is 11.8 Å². The molecule has 0 bridgehead atoms. The highest BCUT2D eigenvalue weighted by molar-refractivity contribution is 8.18. The summed E-state index contributed by atoms with van der Waals surface area (Å²) >= 11 is 0.788.